The molecule has 1 aromatic rings. The highest BCUT2D eigenvalue weighted by atomic mass is 32.1. The first-order valence-electron chi connectivity index (χ1n) is 7.93. The molecular formula is C17H26N2S. The van der Waals surface area contributed by atoms with E-state index in [9.17, 15) is 0 Å². The van der Waals surface area contributed by atoms with Gasteiger partial charge >= 0.3 is 0 Å². The fourth-order valence-corrected chi connectivity index (χ4v) is 3.15. The van der Waals surface area contributed by atoms with Crippen LogP contribution >= 0.6 is 12.2 Å². The molecule has 0 bridgehead atoms. The van der Waals surface area contributed by atoms with E-state index in [0.717, 1.165) is 31.0 Å². The van der Waals surface area contributed by atoms with Crippen LogP contribution in [-0.2, 0) is 12.8 Å². The third-order valence-electron chi connectivity index (χ3n) is 4.12. The van der Waals surface area contributed by atoms with Crippen molar-refractivity contribution in [2.75, 3.05) is 18.4 Å². The summed E-state index contributed by atoms with van der Waals surface area (Å²) in [5.41, 5.74) is 3.97. The largest absolute Gasteiger partial charge is 0.349 e. The predicted octanol–water partition coefficient (Wildman–Crippen LogP) is 4.38. The molecule has 0 amide bonds. The van der Waals surface area contributed by atoms with Gasteiger partial charge in [0.1, 0.15) is 0 Å². The van der Waals surface area contributed by atoms with Gasteiger partial charge < -0.3 is 10.2 Å². The normalized spacial score (nSPS) is 15.8. The van der Waals surface area contributed by atoms with Crippen LogP contribution in [0.3, 0.4) is 0 Å². The minimum absolute atomic E-state index is 0.905. The summed E-state index contributed by atoms with van der Waals surface area (Å²) in [6.07, 6.45) is 7.28. The van der Waals surface area contributed by atoms with E-state index in [1.54, 1.807) is 0 Å². The number of rotatable bonds is 3. The van der Waals surface area contributed by atoms with Gasteiger partial charge in [-0.15, -0.1) is 0 Å². The third kappa shape index (κ3) is 3.72. The lowest BCUT2D eigenvalue weighted by Gasteiger charge is -2.25. The minimum Gasteiger partial charge on any atom is -0.349 e. The van der Waals surface area contributed by atoms with E-state index in [1.807, 2.05) is 0 Å². The van der Waals surface area contributed by atoms with E-state index in [2.05, 4.69) is 42.3 Å². The molecule has 0 aliphatic carbocycles. The Morgan fingerprint density at radius 3 is 2.10 bits per heavy atom. The molecule has 20 heavy (non-hydrogen) atoms. The van der Waals surface area contributed by atoms with Crippen molar-refractivity contribution in [2.45, 2.75) is 52.4 Å². The number of nitrogens with one attached hydrogen (secondary N) is 1. The van der Waals surface area contributed by atoms with Crippen molar-refractivity contribution in [2.24, 2.45) is 0 Å². The molecule has 0 saturated carbocycles. The van der Waals surface area contributed by atoms with Gasteiger partial charge in [-0.05, 0) is 49.0 Å². The number of thiocarbonyl (C=S) groups is 1. The highest BCUT2D eigenvalue weighted by molar-refractivity contribution is 7.80. The second-order valence-electron chi connectivity index (χ2n) is 5.49. The molecule has 1 aliphatic rings. The van der Waals surface area contributed by atoms with Crippen LogP contribution in [0.15, 0.2) is 18.2 Å². The monoisotopic (exact) mass is 290 g/mol. The summed E-state index contributed by atoms with van der Waals surface area (Å²) in [6, 6.07) is 6.55. The summed E-state index contributed by atoms with van der Waals surface area (Å²) in [4.78, 5) is 2.34. The van der Waals surface area contributed by atoms with Crippen LogP contribution in [0, 0.1) is 0 Å². The van der Waals surface area contributed by atoms with E-state index in [-0.39, 0.29) is 0 Å². The zero-order chi connectivity index (χ0) is 14.4. The molecule has 0 aromatic heterocycles. The van der Waals surface area contributed by atoms with Crippen LogP contribution in [0.1, 0.15) is 50.7 Å². The molecule has 2 rings (SSSR count). The van der Waals surface area contributed by atoms with Gasteiger partial charge in [0.2, 0.25) is 0 Å². The number of hydrogen-bond acceptors (Lipinski definition) is 1. The van der Waals surface area contributed by atoms with E-state index < -0.39 is 0 Å². The predicted molar refractivity (Wildman–Crippen MR) is 91.5 cm³/mol. The van der Waals surface area contributed by atoms with Gasteiger partial charge in [-0.3, -0.25) is 0 Å². The molecule has 0 unspecified atom stereocenters. The van der Waals surface area contributed by atoms with E-state index in [1.165, 1.54) is 42.5 Å². The average Bonchev–Trinajstić information content (AvgIpc) is 2.76. The Kier molecular flexibility index (Phi) is 5.84. The topological polar surface area (TPSA) is 15.3 Å². The fraction of sp³-hybridized carbons (Fsp3) is 0.588. The first kappa shape index (κ1) is 15.3. The third-order valence-corrected chi connectivity index (χ3v) is 4.48. The fourth-order valence-electron chi connectivity index (χ4n) is 2.86. The molecule has 0 spiro atoms. The van der Waals surface area contributed by atoms with Gasteiger partial charge in [0, 0.05) is 18.8 Å². The Balaban J connectivity index is 2.13. The Bertz CT molecular complexity index is 426. The molecule has 1 heterocycles. The molecule has 1 aromatic carbocycles. The van der Waals surface area contributed by atoms with Crippen LogP contribution in [0.4, 0.5) is 5.69 Å². The summed E-state index contributed by atoms with van der Waals surface area (Å²) < 4.78 is 0. The second-order valence-corrected chi connectivity index (χ2v) is 5.88. The van der Waals surface area contributed by atoms with Gasteiger partial charge in [0.15, 0.2) is 5.11 Å². The van der Waals surface area contributed by atoms with Gasteiger partial charge in [-0.1, -0.05) is 44.9 Å². The lowest BCUT2D eigenvalue weighted by molar-refractivity contribution is 0.441. The summed E-state index contributed by atoms with van der Waals surface area (Å²) in [7, 11) is 0. The standard InChI is InChI=1S/C17H26N2S/c1-3-14-10-9-11-15(4-2)16(14)18-17(20)19-12-7-5-6-8-13-19/h9-11H,3-8,12-13H2,1-2H3,(H,18,20). The van der Waals surface area contributed by atoms with Crippen molar-refractivity contribution in [1.82, 2.24) is 4.90 Å². The Morgan fingerprint density at radius 1 is 1.05 bits per heavy atom. The van der Waals surface area contributed by atoms with Crippen LogP contribution in [0.25, 0.3) is 0 Å². The van der Waals surface area contributed by atoms with E-state index in [0.29, 0.717) is 0 Å². The van der Waals surface area contributed by atoms with E-state index >= 15 is 0 Å². The number of hydrogen-bond donors (Lipinski definition) is 1. The van der Waals surface area contributed by atoms with Crippen LogP contribution < -0.4 is 5.32 Å². The zero-order valence-corrected chi connectivity index (χ0v) is 13.6. The van der Waals surface area contributed by atoms with Gasteiger partial charge in [-0.2, -0.15) is 0 Å². The molecule has 1 N–H and O–H groups in total. The maximum atomic E-state index is 5.65. The van der Waals surface area contributed by atoms with Crippen LogP contribution in [0.2, 0.25) is 0 Å². The molecule has 0 radical (unpaired) electrons. The molecule has 2 nitrogen and oxygen atoms in total. The lowest BCUT2D eigenvalue weighted by Crippen LogP contribution is -2.35. The summed E-state index contributed by atoms with van der Waals surface area (Å²) in [6.45, 7) is 6.60. The minimum atomic E-state index is 0.905. The van der Waals surface area contributed by atoms with Crippen LogP contribution in [0.5, 0.6) is 0 Å². The van der Waals surface area contributed by atoms with Crippen molar-refractivity contribution in [1.29, 1.82) is 0 Å². The first-order valence-corrected chi connectivity index (χ1v) is 8.33. The van der Waals surface area contributed by atoms with Crippen molar-refractivity contribution in [3.05, 3.63) is 29.3 Å². The molecule has 1 aliphatic heterocycles. The number of likely N-dealkylation sites (tertiary alicyclic amines) is 1. The van der Waals surface area contributed by atoms with Gasteiger partial charge in [0.25, 0.3) is 0 Å². The Labute approximate surface area is 128 Å². The Morgan fingerprint density at radius 2 is 1.60 bits per heavy atom. The molecule has 0 atom stereocenters. The summed E-state index contributed by atoms with van der Waals surface area (Å²) in [5.74, 6) is 0. The number of nitrogens with zero attached hydrogens (tertiary/aromatic N) is 1. The smallest absolute Gasteiger partial charge is 0.173 e. The molecular weight excluding hydrogens is 264 g/mol. The van der Waals surface area contributed by atoms with E-state index in [4.69, 9.17) is 12.2 Å². The number of benzene rings is 1. The van der Waals surface area contributed by atoms with Crippen molar-refractivity contribution >= 4 is 23.0 Å². The first-order chi connectivity index (χ1) is 9.76. The van der Waals surface area contributed by atoms with Crippen molar-refractivity contribution in [3.8, 4) is 0 Å². The molecule has 1 fully saturated rings. The molecule has 110 valence electrons. The Hall–Kier alpha value is -1.09. The lowest BCUT2D eigenvalue weighted by atomic mass is 10.0. The molecule has 3 heteroatoms. The summed E-state index contributed by atoms with van der Waals surface area (Å²) in [5, 5.41) is 4.44. The molecule has 1 saturated heterocycles. The highest BCUT2D eigenvalue weighted by Crippen LogP contribution is 2.23. The quantitative estimate of drug-likeness (QED) is 0.831. The second kappa shape index (κ2) is 7.63. The van der Waals surface area contributed by atoms with Crippen molar-refractivity contribution < 1.29 is 0 Å². The van der Waals surface area contributed by atoms with Gasteiger partial charge in [-0.25, -0.2) is 0 Å². The summed E-state index contributed by atoms with van der Waals surface area (Å²) >= 11 is 5.65. The zero-order valence-electron chi connectivity index (χ0n) is 12.7. The number of aryl methyl sites for hydroxylation is 2. The van der Waals surface area contributed by atoms with Crippen LogP contribution in [-0.4, -0.2) is 23.1 Å². The maximum Gasteiger partial charge on any atom is 0.173 e. The SMILES string of the molecule is CCc1cccc(CC)c1NC(=S)N1CCCCCC1. The maximum absolute atomic E-state index is 5.65. The highest BCUT2D eigenvalue weighted by Gasteiger charge is 2.14. The number of anilines is 1. The van der Waals surface area contributed by atoms with Gasteiger partial charge in [0.05, 0.1) is 0 Å². The average molecular weight is 290 g/mol. The van der Waals surface area contributed by atoms with Crippen molar-refractivity contribution in [3.63, 3.8) is 0 Å². The number of para-hydroxylation sites is 1.